The first-order valence-electron chi connectivity index (χ1n) is 8.68. The summed E-state index contributed by atoms with van der Waals surface area (Å²) in [6.07, 6.45) is 1.35. The average molecular weight is 396 g/mol. The number of carbonyl (C=O) groups is 3. The Kier molecular flexibility index (Phi) is 5.54. The number of hydrogen-bond acceptors (Lipinski definition) is 6. The van der Waals surface area contributed by atoms with E-state index in [1.54, 1.807) is 36.4 Å². The van der Waals surface area contributed by atoms with Gasteiger partial charge in [-0.1, -0.05) is 17.7 Å². The Morgan fingerprint density at radius 2 is 1.52 bits per heavy atom. The molecule has 0 aliphatic carbocycles. The zero-order valence-corrected chi connectivity index (χ0v) is 16.4. The van der Waals surface area contributed by atoms with Crippen LogP contribution in [0.3, 0.4) is 0 Å². The molecule has 0 bridgehead atoms. The Morgan fingerprint density at radius 3 is 2.10 bits per heavy atom. The Labute approximate surface area is 167 Å². The molecule has 0 atom stereocenters. The molecule has 8 nitrogen and oxygen atoms in total. The number of methoxy groups -OCH3 is 3. The smallest absolute Gasteiger partial charge is 0.335 e. The molecule has 0 unspecified atom stereocenters. The topological polar surface area (TPSA) is 94.2 Å². The minimum absolute atomic E-state index is 0.212. The highest BCUT2D eigenvalue weighted by atomic mass is 16.5. The van der Waals surface area contributed by atoms with E-state index in [2.05, 4.69) is 5.32 Å². The van der Waals surface area contributed by atoms with Crippen LogP contribution in [0.4, 0.5) is 10.5 Å². The molecule has 0 saturated carbocycles. The van der Waals surface area contributed by atoms with Crippen LogP contribution in [0.25, 0.3) is 6.08 Å². The zero-order chi connectivity index (χ0) is 21.1. The largest absolute Gasteiger partial charge is 0.493 e. The van der Waals surface area contributed by atoms with E-state index < -0.39 is 17.8 Å². The zero-order valence-electron chi connectivity index (χ0n) is 16.4. The third kappa shape index (κ3) is 3.64. The first-order chi connectivity index (χ1) is 13.9. The highest BCUT2D eigenvalue weighted by Gasteiger charge is 2.37. The van der Waals surface area contributed by atoms with Crippen LogP contribution in [0.1, 0.15) is 11.1 Å². The summed E-state index contributed by atoms with van der Waals surface area (Å²) in [4.78, 5) is 38.6. The molecule has 1 saturated heterocycles. The number of barbiturate groups is 1. The quantitative estimate of drug-likeness (QED) is 0.617. The van der Waals surface area contributed by atoms with Crippen LogP contribution in [0.15, 0.2) is 42.0 Å². The van der Waals surface area contributed by atoms with E-state index in [4.69, 9.17) is 14.2 Å². The normalized spacial score (nSPS) is 15.4. The highest BCUT2D eigenvalue weighted by molar-refractivity contribution is 6.39. The molecule has 1 N–H and O–H groups in total. The van der Waals surface area contributed by atoms with Gasteiger partial charge in [0.05, 0.1) is 27.0 Å². The second kappa shape index (κ2) is 8.05. The summed E-state index contributed by atoms with van der Waals surface area (Å²) in [6.45, 7) is 1.89. The maximum atomic E-state index is 13.0. The standard InChI is InChI=1S/C21H20N2O6/c1-12-5-8-14(9-6-12)23-20(25)15(19(24)22-21(23)26)11-13-7-10-16(27-2)18(29-4)17(13)28-3/h5-11H,1-4H3,(H,22,24,26)/b15-11+. The molecule has 4 amide bonds. The number of anilines is 1. The van der Waals surface area contributed by atoms with Crippen molar-refractivity contribution in [3.05, 3.63) is 53.1 Å². The lowest BCUT2D eigenvalue weighted by Crippen LogP contribution is -2.54. The predicted molar refractivity (Wildman–Crippen MR) is 106 cm³/mol. The van der Waals surface area contributed by atoms with Gasteiger partial charge in [-0.2, -0.15) is 0 Å². The van der Waals surface area contributed by atoms with Gasteiger partial charge < -0.3 is 14.2 Å². The van der Waals surface area contributed by atoms with Gasteiger partial charge in [0.15, 0.2) is 11.5 Å². The minimum Gasteiger partial charge on any atom is -0.493 e. The fraction of sp³-hybridized carbons (Fsp3) is 0.190. The van der Waals surface area contributed by atoms with Crippen molar-refractivity contribution < 1.29 is 28.6 Å². The maximum Gasteiger partial charge on any atom is 0.335 e. The van der Waals surface area contributed by atoms with E-state index >= 15 is 0 Å². The number of urea groups is 1. The molecule has 1 fully saturated rings. The van der Waals surface area contributed by atoms with Crippen molar-refractivity contribution in [1.82, 2.24) is 5.32 Å². The van der Waals surface area contributed by atoms with E-state index in [1.165, 1.54) is 27.4 Å². The van der Waals surface area contributed by atoms with E-state index in [0.717, 1.165) is 10.5 Å². The number of aryl methyl sites for hydroxylation is 1. The van der Waals surface area contributed by atoms with Crippen LogP contribution < -0.4 is 24.4 Å². The Hall–Kier alpha value is -3.81. The number of rotatable bonds is 5. The Morgan fingerprint density at radius 1 is 0.862 bits per heavy atom. The summed E-state index contributed by atoms with van der Waals surface area (Å²) in [5, 5.41) is 2.19. The summed E-state index contributed by atoms with van der Waals surface area (Å²) in [5.74, 6) is -0.486. The van der Waals surface area contributed by atoms with Crippen molar-refractivity contribution in [2.75, 3.05) is 26.2 Å². The number of nitrogens with zero attached hydrogens (tertiary/aromatic N) is 1. The van der Waals surface area contributed by atoms with Gasteiger partial charge in [0.2, 0.25) is 5.75 Å². The molecular formula is C21H20N2O6. The fourth-order valence-corrected chi connectivity index (χ4v) is 2.98. The van der Waals surface area contributed by atoms with Crippen LogP contribution in [0.2, 0.25) is 0 Å². The number of ether oxygens (including phenoxy) is 3. The number of nitrogens with one attached hydrogen (secondary N) is 1. The van der Waals surface area contributed by atoms with Crippen molar-refractivity contribution >= 4 is 29.6 Å². The lowest BCUT2D eigenvalue weighted by Gasteiger charge is -2.26. The lowest BCUT2D eigenvalue weighted by atomic mass is 10.0. The molecule has 2 aromatic carbocycles. The average Bonchev–Trinajstić information content (AvgIpc) is 2.71. The number of imide groups is 2. The molecule has 0 spiro atoms. The van der Waals surface area contributed by atoms with Gasteiger partial charge in [-0.05, 0) is 37.3 Å². The first-order valence-corrected chi connectivity index (χ1v) is 8.68. The number of carbonyl (C=O) groups excluding carboxylic acids is 3. The summed E-state index contributed by atoms with van der Waals surface area (Å²) in [7, 11) is 4.37. The van der Waals surface area contributed by atoms with Crippen molar-refractivity contribution in [2.24, 2.45) is 0 Å². The predicted octanol–water partition coefficient (Wildman–Crippen LogP) is 2.69. The Balaban J connectivity index is 2.08. The van der Waals surface area contributed by atoms with Crippen molar-refractivity contribution in [1.29, 1.82) is 0 Å². The van der Waals surface area contributed by atoms with E-state index in [-0.39, 0.29) is 5.57 Å². The highest BCUT2D eigenvalue weighted by Crippen LogP contribution is 2.40. The van der Waals surface area contributed by atoms with Crippen molar-refractivity contribution in [2.45, 2.75) is 6.92 Å². The molecule has 0 aromatic heterocycles. The molecule has 1 aliphatic heterocycles. The summed E-state index contributed by atoms with van der Waals surface area (Å²) in [5.41, 5.74) is 1.54. The van der Waals surface area contributed by atoms with Gasteiger partial charge >= 0.3 is 6.03 Å². The number of benzene rings is 2. The minimum atomic E-state index is -0.805. The molecule has 0 radical (unpaired) electrons. The van der Waals surface area contributed by atoms with Crippen molar-refractivity contribution in [3.8, 4) is 17.2 Å². The van der Waals surface area contributed by atoms with E-state index in [1.807, 2.05) is 6.92 Å². The third-order valence-corrected chi connectivity index (χ3v) is 4.43. The van der Waals surface area contributed by atoms with Crippen LogP contribution >= 0.6 is 0 Å². The second-order valence-corrected chi connectivity index (χ2v) is 6.22. The molecule has 2 aromatic rings. The van der Waals surface area contributed by atoms with Gasteiger partial charge in [0.1, 0.15) is 5.57 Å². The summed E-state index contributed by atoms with van der Waals surface area (Å²) >= 11 is 0. The van der Waals surface area contributed by atoms with Gasteiger partial charge in [0.25, 0.3) is 11.8 Å². The van der Waals surface area contributed by atoms with Crippen molar-refractivity contribution in [3.63, 3.8) is 0 Å². The molecule has 1 aliphatic rings. The van der Waals surface area contributed by atoms with Gasteiger partial charge in [-0.3, -0.25) is 14.9 Å². The van der Waals surface area contributed by atoms with E-state index in [9.17, 15) is 14.4 Å². The summed E-state index contributed by atoms with van der Waals surface area (Å²) < 4.78 is 16.0. The van der Waals surface area contributed by atoms with Crippen LogP contribution in [-0.4, -0.2) is 39.2 Å². The second-order valence-electron chi connectivity index (χ2n) is 6.22. The monoisotopic (exact) mass is 396 g/mol. The van der Waals surface area contributed by atoms with Gasteiger partial charge in [-0.15, -0.1) is 0 Å². The maximum absolute atomic E-state index is 13.0. The van der Waals surface area contributed by atoms with Gasteiger partial charge in [-0.25, -0.2) is 9.69 Å². The van der Waals surface area contributed by atoms with E-state index in [0.29, 0.717) is 28.5 Å². The molecule has 8 heteroatoms. The fourth-order valence-electron chi connectivity index (χ4n) is 2.98. The van der Waals surface area contributed by atoms with Gasteiger partial charge in [0, 0.05) is 5.56 Å². The molecule has 1 heterocycles. The summed E-state index contributed by atoms with van der Waals surface area (Å²) in [6, 6.07) is 9.26. The Bertz CT molecular complexity index is 1010. The molecule has 29 heavy (non-hydrogen) atoms. The molecular weight excluding hydrogens is 376 g/mol. The number of amides is 4. The van der Waals surface area contributed by atoms with Crippen LogP contribution in [0.5, 0.6) is 17.2 Å². The van der Waals surface area contributed by atoms with Crippen LogP contribution in [0, 0.1) is 6.92 Å². The van der Waals surface area contributed by atoms with Crippen LogP contribution in [-0.2, 0) is 9.59 Å². The molecule has 150 valence electrons. The lowest BCUT2D eigenvalue weighted by molar-refractivity contribution is -0.122. The SMILES string of the molecule is COc1ccc(/C=C2\C(=O)NC(=O)N(c3ccc(C)cc3)C2=O)c(OC)c1OC. The number of hydrogen-bond donors (Lipinski definition) is 1. The third-order valence-electron chi connectivity index (χ3n) is 4.43. The molecule has 3 rings (SSSR count). The first kappa shape index (κ1) is 19.9.